The number of aliphatic hydroxyl groups excluding tert-OH is 1. The fourth-order valence-electron chi connectivity index (χ4n) is 7.32. The average molecular weight is 675 g/mol. The average Bonchev–Trinajstić information content (AvgIpc) is 3.02. The van der Waals surface area contributed by atoms with E-state index in [1.807, 2.05) is 5.32 Å². The zero-order chi connectivity index (χ0) is 34.9. The first kappa shape index (κ1) is 34.0. The van der Waals surface area contributed by atoms with Crippen LogP contribution in [-0.4, -0.2) is 112 Å². The van der Waals surface area contributed by atoms with Gasteiger partial charge in [-0.3, -0.25) is 19.7 Å². The molecule has 2 aliphatic carbocycles. The van der Waals surface area contributed by atoms with Gasteiger partial charge in [0.2, 0.25) is 6.29 Å². The van der Waals surface area contributed by atoms with Gasteiger partial charge in [0.25, 0.3) is 0 Å². The lowest BCUT2D eigenvalue weighted by Crippen LogP contribution is -2.67. The summed E-state index contributed by atoms with van der Waals surface area (Å²) in [5.74, 6) is -4.27. The number of ether oxygens (including phenoxy) is 4. The molecule has 5 N–H and O–H groups in total. The van der Waals surface area contributed by atoms with Gasteiger partial charge in [-0.05, 0) is 19.9 Å². The summed E-state index contributed by atoms with van der Waals surface area (Å²) >= 11 is 0. The molecule has 258 valence electrons. The maximum atomic E-state index is 14.0. The maximum absolute atomic E-state index is 14.0. The number of halogens is 1. The van der Waals surface area contributed by atoms with Crippen LogP contribution in [0, 0.1) is 5.21 Å². The highest BCUT2D eigenvalue weighted by Crippen LogP contribution is 2.52. The number of hydrogen-bond acceptors (Lipinski definition) is 13. The van der Waals surface area contributed by atoms with E-state index in [0.29, 0.717) is 0 Å². The van der Waals surface area contributed by atoms with Crippen LogP contribution in [0.1, 0.15) is 75.8 Å². The molecule has 0 spiro atoms. The Kier molecular flexibility index (Phi) is 8.66. The molecule has 4 aliphatic rings. The predicted octanol–water partition coefficient (Wildman–Crippen LogP) is 1.88. The number of phenols is 2. The Morgan fingerprint density at radius 1 is 1.12 bits per heavy atom. The number of aliphatic hydroxyl groups is 2. The highest BCUT2D eigenvalue weighted by atomic mass is 19.1. The van der Waals surface area contributed by atoms with Crippen molar-refractivity contribution in [1.29, 1.82) is 0 Å². The minimum atomic E-state index is -2.16. The van der Waals surface area contributed by atoms with Gasteiger partial charge in [0.1, 0.15) is 42.3 Å². The Hall–Kier alpha value is -3.87. The van der Waals surface area contributed by atoms with Crippen LogP contribution in [0.25, 0.3) is 0 Å². The zero-order valence-electron chi connectivity index (χ0n) is 26.2. The molecule has 2 saturated heterocycles. The summed E-state index contributed by atoms with van der Waals surface area (Å²) in [5.41, 5.74) is -4.93. The fourth-order valence-corrected chi connectivity index (χ4v) is 7.32. The van der Waals surface area contributed by atoms with Crippen molar-refractivity contribution in [1.82, 2.24) is 0 Å². The van der Waals surface area contributed by atoms with Crippen molar-refractivity contribution in [3.63, 3.8) is 0 Å². The van der Waals surface area contributed by atoms with E-state index in [-0.39, 0.29) is 48.5 Å². The Morgan fingerprint density at radius 3 is 2.50 bits per heavy atom. The van der Waals surface area contributed by atoms with Crippen LogP contribution in [0.2, 0.25) is 0 Å². The molecule has 15 nitrogen and oxygen atoms in total. The number of carbonyl (C=O) groups is 4. The number of amides is 1. The summed E-state index contributed by atoms with van der Waals surface area (Å²) in [6, 6.07) is 2.70. The SMILES string of the molecule is CO[C@@H]1C[N+]([O-])([C@H]2C[C@H](O[C@H]3C[C@](O)(C(C)=O)Cc4c(O)c5c(c(O)c43)C(=O)c3c(NC(=O)F)cccc3C5=O)O[C@@H](C)[C@H]2O)CCO1. The number of carbonyl (C=O) groups excluding carboxylic acids is 4. The Bertz CT molecular complexity index is 1720. The first-order valence-corrected chi connectivity index (χ1v) is 15.3. The normalized spacial score (nSPS) is 33.0. The van der Waals surface area contributed by atoms with Gasteiger partial charge in [-0.15, -0.1) is 4.39 Å². The fraction of sp³-hybridized carbons (Fsp3) is 0.500. The third kappa shape index (κ3) is 5.47. The highest BCUT2D eigenvalue weighted by molar-refractivity contribution is 6.32. The number of rotatable bonds is 6. The third-order valence-electron chi connectivity index (χ3n) is 9.87. The van der Waals surface area contributed by atoms with Crippen molar-refractivity contribution < 1.29 is 67.6 Å². The van der Waals surface area contributed by atoms with Crippen LogP contribution >= 0.6 is 0 Å². The lowest BCUT2D eigenvalue weighted by molar-refractivity contribution is -0.926. The van der Waals surface area contributed by atoms with Gasteiger partial charge in [-0.2, -0.15) is 0 Å². The number of morpholine rings is 1. The monoisotopic (exact) mass is 674 g/mol. The highest BCUT2D eigenvalue weighted by Gasteiger charge is 2.51. The number of nitrogens with zero attached hydrogens (tertiary/aromatic N) is 1. The summed E-state index contributed by atoms with van der Waals surface area (Å²) in [6.07, 6.45) is -8.90. The molecule has 0 saturated carbocycles. The molecule has 48 heavy (non-hydrogen) atoms. The summed E-state index contributed by atoms with van der Waals surface area (Å²) in [7, 11) is 1.39. The first-order chi connectivity index (χ1) is 22.6. The van der Waals surface area contributed by atoms with Crippen LogP contribution in [-0.2, 0) is 30.2 Å². The van der Waals surface area contributed by atoms with Gasteiger partial charge >= 0.3 is 6.16 Å². The van der Waals surface area contributed by atoms with Gasteiger partial charge in [0.05, 0.1) is 47.6 Å². The van der Waals surface area contributed by atoms with E-state index in [2.05, 4.69) is 0 Å². The maximum Gasteiger partial charge on any atom is 0.401 e. The molecular formula is C32H35FN2O13. The largest absolute Gasteiger partial charge is 0.632 e. The molecule has 0 bridgehead atoms. The number of phenolic OH excluding ortho intramolecular Hbond substituents is 2. The van der Waals surface area contributed by atoms with E-state index < -0.39 is 112 Å². The second kappa shape index (κ2) is 12.2. The second-order valence-corrected chi connectivity index (χ2v) is 12.7. The van der Waals surface area contributed by atoms with Gasteiger partial charge in [-0.25, -0.2) is 4.79 Å². The Labute approximate surface area is 272 Å². The van der Waals surface area contributed by atoms with E-state index in [4.69, 9.17) is 18.9 Å². The van der Waals surface area contributed by atoms with Gasteiger partial charge < -0.3 is 49.2 Å². The molecule has 2 aliphatic heterocycles. The van der Waals surface area contributed by atoms with Crippen molar-refractivity contribution in [3.05, 3.63) is 56.8 Å². The predicted molar refractivity (Wildman–Crippen MR) is 160 cm³/mol. The number of quaternary nitrogens is 1. The summed E-state index contributed by atoms with van der Waals surface area (Å²) in [4.78, 5) is 51.5. The Morgan fingerprint density at radius 2 is 1.83 bits per heavy atom. The van der Waals surface area contributed by atoms with Crippen molar-refractivity contribution in [2.45, 2.75) is 75.6 Å². The van der Waals surface area contributed by atoms with Crippen molar-refractivity contribution in [2.24, 2.45) is 0 Å². The molecule has 1 amide bonds. The molecule has 2 heterocycles. The Balaban J connectivity index is 1.43. The molecule has 2 fully saturated rings. The number of nitrogens with one attached hydrogen (secondary N) is 1. The van der Waals surface area contributed by atoms with Crippen LogP contribution in [0.15, 0.2) is 18.2 Å². The molecule has 8 atom stereocenters. The number of fused-ring (bicyclic) bond motifs is 3. The minimum absolute atomic E-state index is 0.000632. The van der Waals surface area contributed by atoms with Crippen molar-refractivity contribution >= 4 is 29.2 Å². The number of Topliss-reactive ketones (excluding diaryl/α,β-unsaturated/α-hetero) is 1. The number of aromatic hydroxyl groups is 2. The molecular weight excluding hydrogens is 639 g/mol. The zero-order valence-corrected chi connectivity index (χ0v) is 26.2. The summed E-state index contributed by atoms with van der Waals surface area (Å²) in [6.45, 7) is 2.59. The van der Waals surface area contributed by atoms with E-state index >= 15 is 0 Å². The second-order valence-electron chi connectivity index (χ2n) is 12.7. The van der Waals surface area contributed by atoms with E-state index in [9.17, 15) is 49.2 Å². The molecule has 0 aromatic heterocycles. The molecule has 0 radical (unpaired) electrons. The standard InChI is InChI=1S/C32H35FN2O13/c1-13-26(37)18(35(44)7-8-46-21(12-35)45-3)9-20(47-13)48-19-11-32(43,14(2)36)10-16-23(19)30(41)25-24(28(16)39)27(38)15-5-4-6-17(34-31(33)42)22(15)29(25)40/h4-6,13,18-21,26,37,39,41,43H,7-12H2,1-3H3,(H,34,42)/t13-,18-,19-,20-,21-,26+,32-,35?/m0/s1. The lowest BCUT2D eigenvalue weighted by Gasteiger charge is -2.56. The van der Waals surface area contributed by atoms with E-state index in [1.165, 1.54) is 32.2 Å². The topological polar surface area (TPSA) is 221 Å². The quantitative estimate of drug-likeness (QED) is 0.0830. The number of anilines is 1. The first-order valence-electron chi connectivity index (χ1n) is 15.3. The van der Waals surface area contributed by atoms with E-state index in [0.717, 1.165) is 6.92 Å². The number of hydroxylamine groups is 3. The molecule has 2 aromatic rings. The molecule has 16 heteroatoms. The number of hydrogen-bond donors (Lipinski definition) is 5. The van der Waals surface area contributed by atoms with Crippen LogP contribution in [0.5, 0.6) is 11.5 Å². The van der Waals surface area contributed by atoms with Crippen LogP contribution in [0.4, 0.5) is 14.9 Å². The number of methoxy groups -OCH3 is 1. The van der Waals surface area contributed by atoms with Crippen LogP contribution in [0.3, 0.4) is 0 Å². The van der Waals surface area contributed by atoms with Crippen molar-refractivity contribution in [3.8, 4) is 11.5 Å². The molecule has 2 aromatic carbocycles. The van der Waals surface area contributed by atoms with Crippen LogP contribution < -0.4 is 5.32 Å². The van der Waals surface area contributed by atoms with Crippen molar-refractivity contribution in [2.75, 3.05) is 32.1 Å². The molecule has 1 unspecified atom stereocenters. The van der Waals surface area contributed by atoms with Gasteiger partial charge in [0, 0.05) is 36.6 Å². The van der Waals surface area contributed by atoms with Gasteiger partial charge in [-0.1, -0.05) is 12.1 Å². The third-order valence-corrected chi connectivity index (χ3v) is 9.87. The lowest BCUT2D eigenvalue weighted by atomic mass is 9.72. The van der Waals surface area contributed by atoms with E-state index in [1.54, 1.807) is 0 Å². The summed E-state index contributed by atoms with van der Waals surface area (Å²) in [5, 5.41) is 61.5. The molecule has 6 rings (SSSR count). The smallest absolute Gasteiger partial charge is 0.401 e. The minimum Gasteiger partial charge on any atom is -0.632 e. The number of benzene rings is 2. The summed E-state index contributed by atoms with van der Waals surface area (Å²) < 4.78 is 35.3. The van der Waals surface area contributed by atoms with Gasteiger partial charge in [0.15, 0.2) is 23.6 Å². The number of ketones is 3.